The Bertz CT molecular complexity index is 317. The zero-order valence-electron chi connectivity index (χ0n) is 8.92. The van der Waals surface area contributed by atoms with Crippen molar-refractivity contribution in [3.63, 3.8) is 0 Å². The fourth-order valence-electron chi connectivity index (χ4n) is 1.94. The lowest BCUT2D eigenvalue weighted by atomic mass is 10.1. The molecule has 0 radical (unpaired) electrons. The molecule has 2 rings (SSSR count). The highest BCUT2D eigenvalue weighted by Crippen LogP contribution is 2.40. The van der Waals surface area contributed by atoms with E-state index in [1.54, 1.807) is 13.8 Å². The van der Waals surface area contributed by atoms with E-state index in [0.29, 0.717) is 18.4 Å². The topological polar surface area (TPSA) is 49.4 Å². The molecule has 1 saturated heterocycles. The second-order valence-corrected chi connectivity index (χ2v) is 5.53. The normalized spacial score (nSPS) is 33.1. The molecule has 2 unspecified atom stereocenters. The quantitative estimate of drug-likeness (QED) is 0.624. The summed E-state index contributed by atoms with van der Waals surface area (Å²) in [6, 6.07) is -0.245. The van der Waals surface area contributed by atoms with Crippen LogP contribution in [0.5, 0.6) is 0 Å². The zero-order valence-corrected chi connectivity index (χ0v) is 10.5. The van der Waals surface area contributed by atoms with Crippen LogP contribution in [0.15, 0.2) is 0 Å². The third-order valence-electron chi connectivity index (χ3n) is 3.13. The minimum absolute atomic E-state index is 0.104. The van der Waals surface area contributed by atoms with Crippen molar-refractivity contribution in [1.29, 1.82) is 0 Å². The summed E-state index contributed by atoms with van der Waals surface area (Å²) in [5.74, 6) is 1.02. The Labute approximate surface area is 97.5 Å². The molecule has 1 saturated carbocycles. The molecule has 15 heavy (non-hydrogen) atoms. The number of amides is 3. The molecule has 0 aromatic carbocycles. The average molecular weight is 275 g/mol. The number of halogens is 1. The van der Waals surface area contributed by atoms with Crippen molar-refractivity contribution in [2.24, 2.45) is 11.8 Å². The zero-order chi connectivity index (χ0) is 11.2. The molecule has 0 aromatic rings. The van der Waals surface area contributed by atoms with E-state index >= 15 is 0 Å². The van der Waals surface area contributed by atoms with Crippen LogP contribution in [0, 0.1) is 11.8 Å². The summed E-state index contributed by atoms with van der Waals surface area (Å²) in [6.45, 7) is 4.05. The predicted octanol–water partition coefficient (Wildman–Crippen LogP) is 1.35. The van der Waals surface area contributed by atoms with Crippen molar-refractivity contribution in [1.82, 2.24) is 10.2 Å². The molecule has 1 heterocycles. The predicted molar refractivity (Wildman–Crippen MR) is 59.7 cm³/mol. The highest BCUT2D eigenvalue weighted by atomic mass is 79.9. The minimum Gasteiger partial charge on any atom is -0.324 e. The largest absolute Gasteiger partial charge is 0.325 e. The smallest absolute Gasteiger partial charge is 0.324 e. The van der Waals surface area contributed by atoms with Gasteiger partial charge in [-0.25, -0.2) is 4.79 Å². The first-order chi connectivity index (χ1) is 6.95. The van der Waals surface area contributed by atoms with Gasteiger partial charge in [0, 0.05) is 11.9 Å². The average Bonchev–Trinajstić information content (AvgIpc) is 2.86. The molecule has 84 valence electrons. The van der Waals surface area contributed by atoms with Crippen molar-refractivity contribution in [2.75, 3.05) is 11.9 Å². The maximum absolute atomic E-state index is 11.8. The number of nitrogens with one attached hydrogen (secondary N) is 1. The van der Waals surface area contributed by atoms with E-state index in [1.807, 2.05) is 0 Å². The monoisotopic (exact) mass is 274 g/mol. The van der Waals surface area contributed by atoms with Crippen LogP contribution >= 0.6 is 15.9 Å². The van der Waals surface area contributed by atoms with Gasteiger partial charge in [0.1, 0.15) is 5.54 Å². The molecule has 0 spiro atoms. The Morgan fingerprint density at radius 2 is 2.13 bits per heavy atom. The van der Waals surface area contributed by atoms with Gasteiger partial charge in [0.2, 0.25) is 0 Å². The third-order valence-corrected chi connectivity index (χ3v) is 3.96. The maximum Gasteiger partial charge on any atom is 0.325 e. The highest BCUT2D eigenvalue weighted by molar-refractivity contribution is 9.09. The summed E-state index contributed by atoms with van der Waals surface area (Å²) in [5.41, 5.74) is -0.726. The molecule has 3 amide bonds. The van der Waals surface area contributed by atoms with Crippen LogP contribution in [0.4, 0.5) is 4.79 Å². The molecule has 0 aromatic heterocycles. The van der Waals surface area contributed by atoms with Crippen molar-refractivity contribution < 1.29 is 9.59 Å². The Morgan fingerprint density at radius 1 is 1.47 bits per heavy atom. The van der Waals surface area contributed by atoms with Gasteiger partial charge < -0.3 is 5.32 Å². The van der Waals surface area contributed by atoms with Crippen LogP contribution in [-0.2, 0) is 4.79 Å². The van der Waals surface area contributed by atoms with Gasteiger partial charge in [-0.3, -0.25) is 9.69 Å². The van der Waals surface area contributed by atoms with E-state index < -0.39 is 5.54 Å². The Balaban J connectivity index is 1.99. The van der Waals surface area contributed by atoms with E-state index in [4.69, 9.17) is 0 Å². The van der Waals surface area contributed by atoms with Crippen molar-refractivity contribution >= 4 is 27.9 Å². The fraction of sp³-hybridized carbons (Fsp3) is 0.800. The molecule has 0 bridgehead atoms. The molecule has 2 aliphatic rings. The van der Waals surface area contributed by atoms with Gasteiger partial charge in [-0.15, -0.1) is 0 Å². The lowest BCUT2D eigenvalue weighted by Crippen LogP contribution is -2.40. The molecule has 1 aliphatic heterocycles. The van der Waals surface area contributed by atoms with Crippen LogP contribution in [-0.4, -0.2) is 34.3 Å². The van der Waals surface area contributed by atoms with Crippen LogP contribution in [0.3, 0.4) is 0 Å². The van der Waals surface area contributed by atoms with E-state index in [1.165, 1.54) is 4.90 Å². The van der Waals surface area contributed by atoms with Gasteiger partial charge in [0.05, 0.1) is 0 Å². The van der Waals surface area contributed by atoms with Crippen molar-refractivity contribution in [3.05, 3.63) is 0 Å². The number of hydrogen-bond acceptors (Lipinski definition) is 2. The Hall–Kier alpha value is -0.580. The van der Waals surface area contributed by atoms with Crippen LogP contribution in [0.25, 0.3) is 0 Å². The second kappa shape index (κ2) is 3.47. The maximum atomic E-state index is 11.8. The van der Waals surface area contributed by atoms with Gasteiger partial charge in [-0.2, -0.15) is 0 Å². The van der Waals surface area contributed by atoms with Crippen LogP contribution < -0.4 is 5.32 Å². The fourth-order valence-corrected chi connectivity index (χ4v) is 2.73. The molecule has 5 heteroatoms. The van der Waals surface area contributed by atoms with Crippen molar-refractivity contribution in [3.8, 4) is 0 Å². The lowest BCUT2D eigenvalue weighted by Gasteiger charge is -2.15. The summed E-state index contributed by atoms with van der Waals surface area (Å²) in [6.07, 6.45) is 1.11. The van der Waals surface area contributed by atoms with E-state index in [2.05, 4.69) is 21.2 Å². The minimum atomic E-state index is -0.726. The number of carbonyl (C=O) groups is 2. The number of carbonyl (C=O) groups excluding carboxylic acids is 2. The van der Waals surface area contributed by atoms with Crippen LogP contribution in [0.1, 0.15) is 20.3 Å². The standard InChI is InChI=1S/C10H15BrN2O2/c1-10(2)8(14)13(9(15)12-10)5-7-3-6(7)4-11/h6-7H,3-5H2,1-2H3,(H,12,15). The summed E-state index contributed by atoms with van der Waals surface area (Å²) in [7, 11) is 0. The molecule has 2 atom stereocenters. The molecule has 4 nitrogen and oxygen atoms in total. The molecule has 1 aliphatic carbocycles. The van der Waals surface area contributed by atoms with Crippen molar-refractivity contribution in [2.45, 2.75) is 25.8 Å². The number of imide groups is 1. The summed E-state index contributed by atoms with van der Waals surface area (Å²) in [5, 5.41) is 3.65. The number of hydrogen-bond donors (Lipinski definition) is 1. The summed E-state index contributed by atoms with van der Waals surface area (Å²) in [4.78, 5) is 24.7. The number of urea groups is 1. The summed E-state index contributed by atoms with van der Waals surface area (Å²) >= 11 is 3.41. The first kappa shape index (κ1) is 10.9. The van der Waals surface area contributed by atoms with Crippen LogP contribution in [0.2, 0.25) is 0 Å². The van der Waals surface area contributed by atoms with Gasteiger partial charge in [-0.05, 0) is 32.1 Å². The summed E-state index contributed by atoms with van der Waals surface area (Å²) < 4.78 is 0. The third kappa shape index (κ3) is 1.89. The first-order valence-corrected chi connectivity index (χ1v) is 6.28. The first-order valence-electron chi connectivity index (χ1n) is 5.16. The van der Waals surface area contributed by atoms with Gasteiger partial charge >= 0.3 is 6.03 Å². The van der Waals surface area contributed by atoms with Gasteiger partial charge in [0.15, 0.2) is 0 Å². The van der Waals surface area contributed by atoms with Gasteiger partial charge in [-0.1, -0.05) is 15.9 Å². The van der Waals surface area contributed by atoms with Gasteiger partial charge in [0.25, 0.3) is 5.91 Å². The number of alkyl halides is 1. The molecular weight excluding hydrogens is 260 g/mol. The highest BCUT2D eigenvalue weighted by Gasteiger charge is 2.47. The SMILES string of the molecule is CC1(C)NC(=O)N(CC2CC2CBr)C1=O. The number of nitrogens with zero attached hydrogens (tertiary/aromatic N) is 1. The Morgan fingerprint density at radius 3 is 2.53 bits per heavy atom. The van der Waals surface area contributed by atoms with E-state index in [9.17, 15) is 9.59 Å². The number of rotatable bonds is 3. The molecular formula is C10H15BrN2O2. The Kier molecular flexibility index (Phi) is 2.53. The molecule has 2 fully saturated rings. The van der Waals surface area contributed by atoms with E-state index in [0.717, 1.165) is 11.8 Å². The molecule has 1 N–H and O–H groups in total. The lowest BCUT2D eigenvalue weighted by molar-refractivity contribution is -0.130. The second-order valence-electron chi connectivity index (χ2n) is 4.88. The van der Waals surface area contributed by atoms with E-state index in [-0.39, 0.29) is 11.9 Å².